The molecule has 1 aliphatic rings. The number of hydrogen-bond donors (Lipinski definition) is 1. The summed E-state index contributed by atoms with van der Waals surface area (Å²) >= 11 is 3.41. The number of nitrogens with zero attached hydrogens (tertiary/aromatic N) is 5. The zero-order valence-electron chi connectivity index (χ0n) is 8.95. The maximum absolute atomic E-state index is 5.49. The van der Waals surface area contributed by atoms with Crippen LogP contribution in [0.1, 0.15) is 5.56 Å². The second-order valence-electron chi connectivity index (χ2n) is 3.40. The van der Waals surface area contributed by atoms with Crippen molar-refractivity contribution in [3.63, 3.8) is 0 Å². The third-order valence-corrected chi connectivity index (χ3v) is 2.96. The first kappa shape index (κ1) is 11.0. The Kier molecular flexibility index (Phi) is 2.59. The van der Waals surface area contributed by atoms with Crippen molar-refractivity contribution < 1.29 is 9.47 Å². The molecule has 8 nitrogen and oxygen atoms in total. The summed E-state index contributed by atoms with van der Waals surface area (Å²) in [6, 6.07) is 3.61. The minimum Gasteiger partial charge on any atom is -0.454 e. The summed E-state index contributed by atoms with van der Waals surface area (Å²) in [5.41, 5.74) is 6.29. The smallest absolute Gasteiger partial charge is 0.263 e. The van der Waals surface area contributed by atoms with E-state index in [9.17, 15) is 0 Å². The highest BCUT2D eigenvalue weighted by molar-refractivity contribution is 9.10. The average Bonchev–Trinajstić information content (AvgIpc) is 2.95. The largest absolute Gasteiger partial charge is 0.454 e. The van der Waals surface area contributed by atoms with Gasteiger partial charge >= 0.3 is 0 Å². The van der Waals surface area contributed by atoms with Gasteiger partial charge in [-0.05, 0) is 38.5 Å². The Labute approximate surface area is 109 Å². The molecule has 0 aliphatic carbocycles. The number of aromatic nitrogens is 4. The number of hydrogen-bond acceptors (Lipinski definition) is 7. The van der Waals surface area contributed by atoms with Crippen molar-refractivity contribution in [3.05, 3.63) is 22.2 Å². The van der Waals surface area contributed by atoms with E-state index in [1.165, 1.54) is 0 Å². The normalized spacial score (nSPS) is 13.4. The van der Waals surface area contributed by atoms with E-state index >= 15 is 0 Å². The molecule has 2 heterocycles. The Bertz CT molecular complexity index is 626. The number of ether oxygens (including phenoxy) is 2. The molecule has 92 valence electrons. The number of nitrogens with two attached hydrogens (primary N) is 1. The van der Waals surface area contributed by atoms with Crippen LogP contribution in [0.25, 0.3) is 0 Å². The average molecular weight is 311 g/mol. The maximum atomic E-state index is 5.49. The summed E-state index contributed by atoms with van der Waals surface area (Å²) < 4.78 is 11.3. The van der Waals surface area contributed by atoms with Crippen LogP contribution in [-0.4, -0.2) is 33.3 Å². The highest BCUT2D eigenvalue weighted by atomic mass is 79.9. The van der Waals surface area contributed by atoms with Crippen LogP contribution in [0.2, 0.25) is 0 Å². The molecule has 0 fully saturated rings. The number of rotatable bonds is 2. The number of benzene rings is 1. The number of anilines is 1. The van der Waals surface area contributed by atoms with Gasteiger partial charge in [0.25, 0.3) is 5.95 Å². The van der Waals surface area contributed by atoms with Gasteiger partial charge in [0.15, 0.2) is 11.5 Å². The van der Waals surface area contributed by atoms with Crippen molar-refractivity contribution in [2.45, 2.75) is 0 Å². The highest BCUT2D eigenvalue weighted by Crippen LogP contribution is 2.36. The first-order valence-electron chi connectivity index (χ1n) is 4.91. The van der Waals surface area contributed by atoms with Gasteiger partial charge in [-0.15, -0.1) is 0 Å². The topological polar surface area (TPSA) is 100 Å². The molecule has 0 atom stereocenters. The predicted molar refractivity (Wildman–Crippen MR) is 65.5 cm³/mol. The SMILES string of the molecule is Nc1nnnn1N=Cc1cc2c(cc1Br)OCO2. The number of tetrazole rings is 1. The van der Waals surface area contributed by atoms with Crippen LogP contribution in [0.3, 0.4) is 0 Å². The molecule has 9 heteroatoms. The Balaban J connectivity index is 1.94. The molecule has 0 saturated carbocycles. The summed E-state index contributed by atoms with van der Waals surface area (Å²) in [5.74, 6) is 1.48. The Morgan fingerprint density at radius 2 is 2.17 bits per heavy atom. The molecule has 3 rings (SSSR count). The van der Waals surface area contributed by atoms with E-state index in [0.717, 1.165) is 14.8 Å². The van der Waals surface area contributed by atoms with Gasteiger partial charge < -0.3 is 15.2 Å². The molecule has 2 aromatic rings. The van der Waals surface area contributed by atoms with E-state index in [2.05, 4.69) is 36.6 Å². The first-order valence-corrected chi connectivity index (χ1v) is 5.71. The molecule has 1 aromatic heterocycles. The molecule has 18 heavy (non-hydrogen) atoms. The summed E-state index contributed by atoms with van der Waals surface area (Å²) in [6.45, 7) is 0.225. The second-order valence-corrected chi connectivity index (χ2v) is 4.25. The zero-order chi connectivity index (χ0) is 12.5. The van der Waals surface area contributed by atoms with Crippen molar-refractivity contribution >= 4 is 28.1 Å². The standard InChI is InChI=1S/C9H7BrN6O2/c10-6-2-8-7(17-4-18-8)1-5(6)3-12-16-9(11)13-14-15-16/h1-3H,4H2,(H2,11,13,15). The Hall–Kier alpha value is -2.16. The Morgan fingerprint density at radius 3 is 2.89 bits per heavy atom. The summed E-state index contributed by atoms with van der Waals surface area (Å²) in [4.78, 5) is 1.12. The third-order valence-electron chi connectivity index (χ3n) is 2.27. The lowest BCUT2D eigenvalue weighted by atomic mass is 10.2. The van der Waals surface area contributed by atoms with Crippen LogP contribution in [0, 0.1) is 0 Å². The van der Waals surface area contributed by atoms with E-state index in [1.54, 1.807) is 12.3 Å². The lowest BCUT2D eigenvalue weighted by Crippen LogP contribution is -1.99. The zero-order valence-corrected chi connectivity index (χ0v) is 10.5. The lowest BCUT2D eigenvalue weighted by molar-refractivity contribution is 0.174. The molecule has 0 amide bonds. The molecule has 0 spiro atoms. The third kappa shape index (κ3) is 1.88. The molecular weight excluding hydrogens is 304 g/mol. The highest BCUT2D eigenvalue weighted by Gasteiger charge is 2.15. The van der Waals surface area contributed by atoms with Crippen LogP contribution in [-0.2, 0) is 0 Å². The molecule has 1 aromatic carbocycles. The van der Waals surface area contributed by atoms with Gasteiger partial charge in [0.05, 0.1) is 6.21 Å². The fourth-order valence-corrected chi connectivity index (χ4v) is 1.85. The van der Waals surface area contributed by atoms with Crippen molar-refractivity contribution in [1.29, 1.82) is 0 Å². The van der Waals surface area contributed by atoms with E-state index in [-0.39, 0.29) is 12.7 Å². The Morgan fingerprint density at radius 1 is 1.39 bits per heavy atom. The number of fused-ring (bicyclic) bond motifs is 1. The molecule has 0 unspecified atom stereocenters. The molecule has 0 saturated heterocycles. The molecule has 0 radical (unpaired) electrons. The fourth-order valence-electron chi connectivity index (χ4n) is 1.42. The summed E-state index contributed by atoms with van der Waals surface area (Å²) in [5, 5.41) is 14.5. The van der Waals surface area contributed by atoms with Crippen molar-refractivity contribution in [1.82, 2.24) is 20.3 Å². The molecule has 0 bridgehead atoms. The van der Waals surface area contributed by atoms with Gasteiger partial charge in [-0.1, -0.05) is 9.89 Å². The van der Waals surface area contributed by atoms with Crippen molar-refractivity contribution in [2.75, 3.05) is 12.5 Å². The van der Waals surface area contributed by atoms with E-state index in [0.29, 0.717) is 11.5 Å². The van der Waals surface area contributed by atoms with Gasteiger partial charge in [-0.2, -0.15) is 5.10 Å². The van der Waals surface area contributed by atoms with E-state index in [4.69, 9.17) is 15.2 Å². The van der Waals surface area contributed by atoms with Crippen molar-refractivity contribution in [3.8, 4) is 11.5 Å². The minimum absolute atomic E-state index is 0.114. The lowest BCUT2D eigenvalue weighted by Gasteiger charge is -2.01. The van der Waals surface area contributed by atoms with Crippen LogP contribution in [0.4, 0.5) is 5.95 Å². The van der Waals surface area contributed by atoms with Crippen LogP contribution in [0.15, 0.2) is 21.7 Å². The van der Waals surface area contributed by atoms with E-state index in [1.807, 2.05) is 6.07 Å². The minimum atomic E-state index is 0.114. The summed E-state index contributed by atoms with van der Waals surface area (Å²) in [7, 11) is 0. The second kappa shape index (κ2) is 4.26. The van der Waals surface area contributed by atoms with Gasteiger partial charge in [0, 0.05) is 10.0 Å². The molecule has 1 aliphatic heterocycles. The van der Waals surface area contributed by atoms with Crippen molar-refractivity contribution in [2.24, 2.45) is 5.10 Å². The number of nitrogen functional groups attached to an aromatic ring is 1. The first-order chi connectivity index (χ1) is 8.74. The van der Waals surface area contributed by atoms with E-state index < -0.39 is 0 Å². The quantitative estimate of drug-likeness (QED) is 0.816. The fraction of sp³-hybridized carbons (Fsp3) is 0.111. The number of halogens is 1. The maximum Gasteiger partial charge on any atom is 0.263 e. The monoisotopic (exact) mass is 310 g/mol. The van der Waals surface area contributed by atoms with Crippen LogP contribution < -0.4 is 15.2 Å². The predicted octanol–water partition coefficient (Wildman–Crippen LogP) is 0.629. The van der Waals surface area contributed by atoms with Gasteiger partial charge in [-0.25, -0.2) is 0 Å². The summed E-state index contributed by atoms with van der Waals surface area (Å²) in [6.07, 6.45) is 1.57. The molecular formula is C9H7BrN6O2. The van der Waals surface area contributed by atoms with Crippen LogP contribution in [0.5, 0.6) is 11.5 Å². The van der Waals surface area contributed by atoms with Gasteiger partial charge in [0.2, 0.25) is 6.79 Å². The van der Waals surface area contributed by atoms with Gasteiger partial charge in [-0.3, -0.25) is 0 Å². The molecule has 2 N–H and O–H groups in total. The van der Waals surface area contributed by atoms with Crippen LogP contribution >= 0.6 is 15.9 Å². The van der Waals surface area contributed by atoms with Gasteiger partial charge in [0.1, 0.15) is 0 Å².